The zero-order chi connectivity index (χ0) is 29.6. The Bertz CT molecular complexity index is 1440. The van der Waals surface area contributed by atoms with Gasteiger partial charge in [0, 0.05) is 17.6 Å². The number of benzene rings is 3. The van der Waals surface area contributed by atoms with E-state index in [4.69, 9.17) is 16.3 Å². The van der Waals surface area contributed by atoms with Gasteiger partial charge in [-0.25, -0.2) is 8.42 Å². The van der Waals surface area contributed by atoms with Crippen molar-refractivity contribution in [2.75, 3.05) is 18.0 Å². The zero-order valence-corrected chi connectivity index (χ0v) is 25.1. The van der Waals surface area contributed by atoms with Gasteiger partial charge in [-0.15, -0.1) is 0 Å². The molecule has 0 radical (unpaired) electrons. The standard InChI is InChI=1S/C31H36ClN3O5S/c1-22-8-18-29(19-9-22)41(38,39)35(27-14-16-28(40-3)17-15-27)21-30(36)34(20-24-10-12-25(32)13-11-24)23(2)31(37)33-26-6-4-5-7-26/h8-19,23,26H,4-7,20-21H2,1-3H3,(H,33,37)/t23-/m0/s1. The third-order valence-electron chi connectivity index (χ3n) is 7.38. The Morgan fingerprint density at radius 3 is 2.17 bits per heavy atom. The largest absolute Gasteiger partial charge is 0.497 e. The maximum atomic E-state index is 14.0. The summed E-state index contributed by atoms with van der Waals surface area (Å²) >= 11 is 6.07. The van der Waals surface area contributed by atoms with Crippen molar-refractivity contribution >= 4 is 39.1 Å². The fourth-order valence-corrected chi connectivity index (χ4v) is 6.42. The summed E-state index contributed by atoms with van der Waals surface area (Å²) in [6.07, 6.45) is 3.92. The van der Waals surface area contributed by atoms with Crippen molar-refractivity contribution in [1.29, 1.82) is 0 Å². The molecule has 218 valence electrons. The summed E-state index contributed by atoms with van der Waals surface area (Å²) in [6, 6.07) is 19.2. The van der Waals surface area contributed by atoms with Crippen molar-refractivity contribution in [3.63, 3.8) is 0 Å². The van der Waals surface area contributed by atoms with E-state index < -0.39 is 28.5 Å². The highest BCUT2D eigenvalue weighted by atomic mass is 35.5. The van der Waals surface area contributed by atoms with E-state index >= 15 is 0 Å². The smallest absolute Gasteiger partial charge is 0.264 e. The molecule has 2 amide bonds. The number of aryl methyl sites for hydroxylation is 1. The van der Waals surface area contributed by atoms with E-state index in [0.717, 1.165) is 41.1 Å². The summed E-state index contributed by atoms with van der Waals surface area (Å²) in [5.74, 6) is -0.230. The van der Waals surface area contributed by atoms with Gasteiger partial charge >= 0.3 is 0 Å². The molecule has 0 aliphatic heterocycles. The first-order valence-corrected chi connectivity index (χ1v) is 15.5. The Labute approximate surface area is 247 Å². The third kappa shape index (κ3) is 7.59. The molecule has 0 heterocycles. The normalized spacial score (nSPS) is 14.3. The summed E-state index contributed by atoms with van der Waals surface area (Å²) in [4.78, 5) is 28.8. The molecule has 1 aliphatic rings. The van der Waals surface area contributed by atoms with E-state index in [-0.39, 0.29) is 23.4 Å². The first-order chi connectivity index (χ1) is 19.6. The molecule has 4 rings (SSSR count). The number of halogens is 1. The number of sulfonamides is 1. The Balaban J connectivity index is 1.68. The molecule has 0 saturated heterocycles. The molecule has 1 N–H and O–H groups in total. The lowest BCUT2D eigenvalue weighted by Gasteiger charge is -2.32. The average molecular weight is 598 g/mol. The number of anilines is 1. The number of amides is 2. The second-order valence-corrected chi connectivity index (χ2v) is 12.6. The minimum Gasteiger partial charge on any atom is -0.497 e. The minimum atomic E-state index is -4.14. The van der Waals surface area contributed by atoms with E-state index in [1.54, 1.807) is 67.6 Å². The Hall–Kier alpha value is -3.56. The number of hydrogen-bond donors (Lipinski definition) is 1. The first-order valence-electron chi connectivity index (χ1n) is 13.7. The quantitative estimate of drug-likeness (QED) is 0.322. The topological polar surface area (TPSA) is 96.0 Å². The van der Waals surface area contributed by atoms with Gasteiger partial charge in [-0.1, -0.05) is 54.3 Å². The van der Waals surface area contributed by atoms with Crippen LogP contribution in [0.2, 0.25) is 5.02 Å². The second-order valence-electron chi connectivity index (χ2n) is 10.3. The zero-order valence-electron chi connectivity index (χ0n) is 23.5. The van der Waals surface area contributed by atoms with Crippen molar-refractivity contribution in [2.24, 2.45) is 0 Å². The Morgan fingerprint density at radius 1 is 0.976 bits per heavy atom. The van der Waals surface area contributed by atoms with Crippen molar-refractivity contribution in [1.82, 2.24) is 10.2 Å². The SMILES string of the molecule is COc1ccc(N(CC(=O)N(Cc2ccc(Cl)cc2)[C@@H](C)C(=O)NC2CCCC2)S(=O)(=O)c2ccc(C)cc2)cc1. The van der Waals surface area contributed by atoms with Crippen molar-refractivity contribution < 1.29 is 22.7 Å². The van der Waals surface area contributed by atoms with Gasteiger partial charge in [0.05, 0.1) is 17.7 Å². The van der Waals surface area contributed by atoms with Crippen LogP contribution in [-0.4, -0.2) is 50.9 Å². The lowest BCUT2D eigenvalue weighted by molar-refractivity contribution is -0.139. The number of carbonyl (C=O) groups excluding carboxylic acids is 2. The summed E-state index contributed by atoms with van der Waals surface area (Å²) in [6.45, 7) is 3.14. The molecular formula is C31H36ClN3O5S. The fraction of sp³-hybridized carbons (Fsp3) is 0.355. The molecule has 0 bridgehead atoms. The molecule has 10 heteroatoms. The molecule has 3 aromatic carbocycles. The van der Waals surface area contributed by atoms with Gasteiger partial charge in [0.25, 0.3) is 10.0 Å². The summed E-state index contributed by atoms with van der Waals surface area (Å²) < 4.78 is 34.2. The predicted octanol–water partition coefficient (Wildman–Crippen LogP) is 5.33. The van der Waals surface area contributed by atoms with Crippen molar-refractivity contribution in [2.45, 2.75) is 63.1 Å². The average Bonchev–Trinajstić information content (AvgIpc) is 3.48. The molecule has 0 unspecified atom stereocenters. The first kappa shape index (κ1) is 30.4. The van der Waals surface area contributed by atoms with Gasteiger partial charge in [-0.05, 0) is 80.8 Å². The second kappa shape index (κ2) is 13.4. The highest BCUT2D eigenvalue weighted by molar-refractivity contribution is 7.92. The van der Waals surface area contributed by atoms with Crippen LogP contribution in [0.1, 0.15) is 43.7 Å². The number of rotatable bonds is 11. The van der Waals surface area contributed by atoms with Crippen molar-refractivity contribution in [3.8, 4) is 5.75 Å². The predicted molar refractivity (Wildman–Crippen MR) is 161 cm³/mol. The minimum absolute atomic E-state index is 0.0583. The number of hydrogen-bond acceptors (Lipinski definition) is 5. The number of ether oxygens (including phenoxy) is 1. The molecule has 3 aromatic rings. The Morgan fingerprint density at radius 2 is 1.59 bits per heavy atom. The fourth-order valence-electron chi connectivity index (χ4n) is 4.88. The van der Waals surface area contributed by atoms with Crippen LogP contribution in [0.3, 0.4) is 0 Å². The summed E-state index contributed by atoms with van der Waals surface area (Å²) in [5, 5.41) is 3.62. The lowest BCUT2D eigenvalue weighted by Crippen LogP contribution is -2.52. The van der Waals surface area contributed by atoms with Crippen LogP contribution in [0.5, 0.6) is 5.75 Å². The lowest BCUT2D eigenvalue weighted by atomic mass is 10.1. The maximum absolute atomic E-state index is 14.0. The van der Waals surface area contributed by atoms with Gasteiger partial charge < -0.3 is 15.0 Å². The molecule has 0 aromatic heterocycles. The van der Waals surface area contributed by atoms with E-state index in [1.807, 2.05) is 6.92 Å². The number of carbonyl (C=O) groups is 2. The number of nitrogens with one attached hydrogen (secondary N) is 1. The molecular weight excluding hydrogens is 562 g/mol. The highest BCUT2D eigenvalue weighted by Crippen LogP contribution is 2.27. The molecule has 41 heavy (non-hydrogen) atoms. The molecule has 1 saturated carbocycles. The van der Waals surface area contributed by atoms with Gasteiger partial charge in [0.2, 0.25) is 11.8 Å². The molecule has 0 spiro atoms. The van der Waals surface area contributed by atoms with Gasteiger partial charge in [-0.3, -0.25) is 13.9 Å². The van der Waals surface area contributed by atoms with Crippen LogP contribution in [0.15, 0.2) is 77.7 Å². The molecule has 1 atom stereocenters. The van der Waals surface area contributed by atoms with Gasteiger partial charge in [-0.2, -0.15) is 0 Å². The monoisotopic (exact) mass is 597 g/mol. The van der Waals surface area contributed by atoms with Gasteiger partial charge in [0.15, 0.2) is 0 Å². The third-order valence-corrected chi connectivity index (χ3v) is 9.42. The van der Waals surface area contributed by atoms with E-state index in [2.05, 4.69) is 5.32 Å². The molecule has 8 nitrogen and oxygen atoms in total. The van der Waals surface area contributed by atoms with Crippen LogP contribution in [0, 0.1) is 6.92 Å². The van der Waals surface area contributed by atoms with Gasteiger partial charge in [0.1, 0.15) is 18.3 Å². The van der Waals surface area contributed by atoms with Crippen LogP contribution in [0.4, 0.5) is 5.69 Å². The maximum Gasteiger partial charge on any atom is 0.264 e. The summed E-state index contributed by atoms with van der Waals surface area (Å²) in [5.41, 5.74) is 1.97. The van der Waals surface area contributed by atoms with Crippen LogP contribution >= 0.6 is 11.6 Å². The van der Waals surface area contributed by atoms with E-state index in [1.165, 1.54) is 24.1 Å². The number of methoxy groups -OCH3 is 1. The van der Waals surface area contributed by atoms with Crippen LogP contribution in [0.25, 0.3) is 0 Å². The van der Waals surface area contributed by atoms with Crippen molar-refractivity contribution in [3.05, 3.63) is 88.9 Å². The summed E-state index contributed by atoms with van der Waals surface area (Å²) in [7, 11) is -2.62. The van der Waals surface area contributed by atoms with Crippen LogP contribution in [-0.2, 0) is 26.2 Å². The van der Waals surface area contributed by atoms with Crippen LogP contribution < -0.4 is 14.4 Å². The Kier molecular flexibility index (Phi) is 9.94. The molecule has 1 aliphatic carbocycles. The molecule has 1 fully saturated rings. The van der Waals surface area contributed by atoms with E-state index in [9.17, 15) is 18.0 Å². The van der Waals surface area contributed by atoms with E-state index in [0.29, 0.717) is 16.5 Å². The highest BCUT2D eigenvalue weighted by Gasteiger charge is 2.33. The number of nitrogens with zero attached hydrogens (tertiary/aromatic N) is 2.